The van der Waals surface area contributed by atoms with E-state index in [-0.39, 0.29) is 0 Å². The van der Waals surface area contributed by atoms with Crippen molar-refractivity contribution in [1.82, 2.24) is 5.32 Å². The van der Waals surface area contributed by atoms with Crippen LogP contribution < -0.4 is 5.32 Å². The zero-order valence-corrected chi connectivity index (χ0v) is 8.43. The standard InChI is InChI=1S/C10H22N/c1-9(2)6-5-7-11-8-10(3)4/h9-10H,5-8H2,1-4H3. The van der Waals surface area contributed by atoms with Gasteiger partial charge in [0.1, 0.15) is 0 Å². The molecule has 0 N–H and O–H groups in total. The molecule has 0 aliphatic heterocycles. The van der Waals surface area contributed by atoms with Crippen molar-refractivity contribution in [3.05, 3.63) is 0 Å². The molecule has 0 aliphatic carbocycles. The lowest BCUT2D eigenvalue weighted by Gasteiger charge is -2.06. The highest BCUT2D eigenvalue weighted by Gasteiger charge is 1.95. The first-order chi connectivity index (χ1) is 5.13. The van der Waals surface area contributed by atoms with Crippen molar-refractivity contribution in [3.63, 3.8) is 0 Å². The third kappa shape index (κ3) is 9.96. The molecule has 11 heavy (non-hydrogen) atoms. The summed E-state index contributed by atoms with van der Waals surface area (Å²) in [4.78, 5) is 0. The molecular formula is C10H22N. The summed E-state index contributed by atoms with van der Waals surface area (Å²) in [5.41, 5.74) is 0. The van der Waals surface area contributed by atoms with Crippen molar-refractivity contribution in [1.29, 1.82) is 0 Å². The second kappa shape index (κ2) is 6.66. The van der Waals surface area contributed by atoms with Gasteiger partial charge in [-0.1, -0.05) is 27.7 Å². The third-order valence-electron chi connectivity index (χ3n) is 1.59. The molecule has 1 nitrogen and oxygen atoms in total. The van der Waals surface area contributed by atoms with Gasteiger partial charge in [-0.3, -0.25) is 0 Å². The number of nitrogens with zero attached hydrogens (tertiary/aromatic N) is 1. The Kier molecular flexibility index (Phi) is 6.63. The Bertz CT molecular complexity index is 66.9. The van der Waals surface area contributed by atoms with Gasteiger partial charge < -0.3 is 0 Å². The van der Waals surface area contributed by atoms with Crippen molar-refractivity contribution in [2.45, 2.75) is 40.5 Å². The fraction of sp³-hybridized carbons (Fsp3) is 1.00. The van der Waals surface area contributed by atoms with Crippen LogP contribution in [0.1, 0.15) is 40.5 Å². The van der Waals surface area contributed by atoms with Crippen LogP contribution in [0.5, 0.6) is 0 Å². The van der Waals surface area contributed by atoms with Crippen molar-refractivity contribution in [3.8, 4) is 0 Å². The van der Waals surface area contributed by atoms with E-state index in [2.05, 4.69) is 33.0 Å². The van der Waals surface area contributed by atoms with E-state index in [4.69, 9.17) is 0 Å². The number of hydrogen-bond acceptors (Lipinski definition) is 0. The highest BCUT2D eigenvalue weighted by Crippen LogP contribution is 2.02. The summed E-state index contributed by atoms with van der Waals surface area (Å²) in [7, 11) is 0. The molecule has 0 unspecified atom stereocenters. The van der Waals surface area contributed by atoms with Crippen LogP contribution in [0.3, 0.4) is 0 Å². The van der Waals surface area contributed by atoms with Gasteiger partial charge in [-0.15, -0.1) is 0 Å². The van der Waals surface area contributed by atoms with Crippen molar-refractivity contribution >= 4 is 0 Å². The van der Waals surface area contributed by atoms with Crippen LogP contribution in [-0.2, 0) is 0 Å². The zero-order chi connectivity index (χ0) is 8.69. The molecule has 0 amide bonds. The fourth-order valence-corrected chi connectivity index (χ4v) is 0.961. The van der Waals surface area contributed by atoms with E-state index in [1.165, 1.54) is 12.8 Å². The van der Waals surface area contributed by atoms with Gasteiger partial charge in [-0.25, -0.2) is 5.32 Å². The Labute approximate surface area is 71.6 Å². The van der Waals surface area contributed by atoms with Crippen LogP contribution in [0.4, 0.5) is 0 Å². The van der Waals surface area contributed by atoms with E-state index in [1.54, 1.807) is 0 Å². The van der Waals surface area contributed by atoms with Crippen LogP contribution in [0.2, 0.25) is 0 Å². The predicted molar refractivity (Wildman–Crippen MR) is 50.8 cm³/mol. The SMILES string of the molecule is CC(C)CCC[N]CC(C)C. The van der Waals surface area contributed by atoms with Gasteiger partial charge >= 0.3 is 0 Å². The van der Waals surface area contributed by atoms with E-state index >= 15 is 0 Å². The highest BCUT2D eigenvalue weighted by atomic mass is 14.8. The van der Waals surface area contributed by atoms with Crippen LogP contribution in [0, 0.1) is 11.8 Å². The average Bonchev–Trinajstić information content (AvgIpc) is 1.85. The Hall–Kier alpha value is -0.0400. The lowest BCUT2D eigenvalue weighted by molar-refractivity contribution is 0.492. The molecule has 0 saturated carbocycles. The van der Waals surface area contributed by atoms with Crippen molar-refractivity contribution in [2.75, 3.05) is 13.1 Å². The molecule has 0 aromatic carbocycles. The molecule has 0 rings (SSSR count). The first-order valence-electron chi connectivity index (χ1n) is 4.76. The Morgan fingerprint density at radius 2 is 1.64 bits per heavy atom. The van der Waals surface area contributed by atoms with Gasteiger partial charge in [0.2, 0.25) is 0 Å². The molecule has 0 heterocycles. The maximum atomic E-state index is 4.44. The molecule has 1 radical (unpaired) electrons. The van der Waals surface area contributed by atoms with Gasteiger partial charge in [0.05, 0.1) is 0 Å². The van der Waals surface area contributed by atoms with E-state index in [9.17, 15) is 0 Å². The summed E-state index contributed by atoms with van der Waals surface area (Å²) in [6, 6.07) is 0. The molecular weight excluding hydrogens is 134 g/mol. The molecule has 0 atom stereocenters. The molecule has 0 fully saturated rings. The highest BCUT2D eigenvalue weighted by molar-refractivity contribution is 4.52. The normalized spacial score (nSPS) is 11.5. The van der Waals surface area contributed by atoms with E-state index in [0.29, 0.717) is 0 Å². The molecule has 0 saturated heterocycles. The van der Waals surface area contributed by atoms with Crippen LogP contribution in [0.25, 0.3) is 0 Å². The van der Waals surface area contributed by atoms with Crippen molar-refractivity contribution in [2.24, 2.45) is 11.8 Å². The molecule has 0 spiro atoms. The summed E-state index contributed by atoms with van der Waals surface area (Å²) in [5, 5.41) is 4.44. The average molecular weight is 156 g/mol. The molecule has 0 bridgehead atoms. The maximum absolute atomic E-state index is 4.44. The third-order valence-corrected chi connectivity index (χ3v) is 1.59. The van der Waals surface area contributed by atoms with Gasteiger partial charge in [0.15, 0.2) is 0 Å². The second-order valence-corrected chi connectivity index (χ2v) is 4.06. The predicted octanol–water partition coefficient (Wildman–Crippen LogP) is 2.68. The smallest absolute Gasteiger partial charge is 0.0156 e. The van der Waals surface area contributed by atoms with E-state index in [1.807, 2.05) is 0 Å². The Morgan fingerprint density at radius 3 is 2.09 bits per heavy atom. The van der Waals surface area contributed by atoms with Gasteiger partial charge in [0.25, 0.3) is 0 Å². The Morgan fingerprint density at radius 1 is 1.00 bits per heavy atom. The van der Waals surface area contributed by atoms with E-state index < -0.39 is 0 Å². The first kappa shape index (κ1) is 11.0. The lowest BCUT2D eigenvalue weighted by atomic mass is 10.1. The molecule has 1 heteroatoms. The fourth-order valence-electron chi connectivity index (χ4n) is 0.961. The zero-order valence-electron chi connectivity index (χ0n) is 8.43. The molecule has 67 valence electrons. The van der Waals surface area contributed by atoms with Crippen LogP contribution in [0.15, 0.2) is 0 Å². The van der Waals surface area contributed by atoms with Gasteiger partial charge in [-0.2, -0.15) is 0 Å². The van der Waals surface area contributed by atoms with Crippen LogP contribution in [-0.4, -0.2) is 13.1 Å². The first-order valence-corrected chi connectivity index (χ1v) is 4.76. The van der Waals surface area contributed by atoms with Gasteiger partial charge in [0, 0.05) is 13.1 Å². The molecule has 0 aromatic heterocycles. The molecule has 0 aliphatic rings. The summed E-state index contributed by atoms with van der Waals surface area (Å²) in [6.07, 6.45) is 2.59. The second-order valence-electron chi connectivity index (χ2n) is 4.06. The van der Waals surface area contributed by atoms with Crippen LogP contribution >= 0.6 is 0 Å². The minimum atomic E-state index is 0.731. The largest absolute Gasteiger partial charge is 0.242 e. The minimum Gasteiger partial charge on any atom is -0.242 e. The van der Waals surface area contributed by atoms with Crippen molar-refractivity contribution < 1.29 is 0 Å². The topological polar surface area (TPSA) is 14.1 Å². The summed E-state index contributed by atoms with van der Waals surface area (Å²) in [6.45, 7) is 11.1. The minimum absolute atomic E-state index is 0.731. The number of rotatable bonds is 6. The summed E-state index contributed by atoms with van der Waals surface area (Å²) >= 11 is 0. The lowest BCUT2D eigenvalue weighted by Crippen LogP contribution is -2.13. The monoisotopic (exact) mass is 156 g/mol. The molecule has 0 aromatic rings. The summed E-state index contributed by atoms with van der Waals surface area (Å²) in [5.74, 6) is 1.57. The van der Waals surface area contributed by atoms with E-state index in [0.717, 1.165) is 24.9 Å². The summed E-state index contributed by atoms with van der Waals surface area (Å²) < 4.78 is 0. The maximum Gasteiger partial charge on any atom is 0.0156 e. The number of hydrogen-bond donors (Lipinski definition) is 0. The quantitative estimate of drug-likeness (QED) is 0.525. The van der Waals surface area contributed by atoms with Gasteiger partial charge in [-0.05, 0) is 24.7 Å². The Balaban J connectivity index is 2.91.